The van der Waals surface area contributed by atoms with Crippen molar-refractivity contribution in [2.75, 3.05) is 31.1 Å². The number of hydrogen-bond acceptors (Lipinski definition) is 4. The van der Waals surface area contributed by atoms with E-state index in [2.05, 4.69) is 16.8 Å². The molecule has 0 aliphatic rings. The Bertz CT molecular complexity index is 687. The highest BCUT2D eigenvalue weighted by atomic mass is 16.4. The summed E-state index contributed by atoms with van der Waals surface area (Å²) in [6.45, 7) is 6.53. The molecule has 1 amide bonds. The van der Waals surface area contributed by atoms with E-state index >= 15 is 0 Å². The second-order valence-electron chi connectivity index (χ2n) is 6.15. The maximum absolute atomic E-state index is 11.9. The summed E-state index contributed by atoms with van der Waals surface area (Å²) in [4.78, 5) is 19.8. The van der Waals surface area contributed by atoms with Gasteiger partial charge in [-0.25, -0.2) is 4.79 Å². The Morgan fingerprint density at radius 3 is 2.68 bits per heavy atom. The zero-order valence-corrected chi connectivity index (χ0v) is 14.9. The molecule has 1 heterocycles. The van der Waals surface area contributed by atoms with Gasteiger partial charge >= 0.3 is 6.09 Å². The quantitative estimate of drug-likeness (QED) is 0.730. The lowest BCUT2D eigenvalue weighted by atomic mass is 10.1. The molecule has 6 nitrogen and oxygen atoms in total. The zero-order valence-electron chi connectivity index (χ0n) is 14.9. The van der Waals surface area contributed by atoms with Gasteiger partial charge in [-0.15, -0.1) is 0 Å². The van der Waals surface area contributed by atoms with Crippen LogP contribution in [0.25, 0.3) is 10.9 Å². The molecular weight excluding hydrogens is 318 g/mol. The van der Waals surface area contributed by atoms with E-state index in [0.717, 1.165) is 36.8 Å². The van der Waals surface area contributed by atoms with Crippen molar-refractivity contribution in [3.63, 3.8) is 0 Å². The Labute approximate surface area is 148 Å². The number of aromatic nitrogens is 1. The standard InChI is InChI=1S/C19H27N3O3/c1-3-21(13-14-23)12-6-7-15(2)22(19(24)25)18-10-11-20-17-9-5-4-8-16(17)18/h4-5,8-11,15,23H,3,6-7,12-14H2,1-2H3,(H,24,25). The average Bonchev–Trinajstić information content (AvgIpc) is 2.61. The molecule has 1 atom stereocenters. The monoisotopic (exact) mass is 345 g/mol. The Morgan fingerprint density at radius 2 is 2.00 bits per heavy atom. The second kappa shape index (κ2) is 9.34. The van der Waals surface area contributed by atoms with Gasteiger partial charge in [0.25, 0.3) is 0 Å². The molecule has 0 saturated carbocycles. The van der Waals surface area contributed by atoms with Crippen LogP contribution in [0.4, 0.5) is 10.5 Å². The third-order valence-corrected chi connectivity index (χ3v) is 4.49. The topological polar surface area (TPSA) is 76.9 Å². The molecule has 0 bridgehead atoms. The van der Waals surface area contributed by atoms with Crippen LogP contribution in [0.1, 0.15) is 26.7 Å². The number of para-hydroxylation sites is 1. The highest BCUT2D eigenvalue weighted by molar-refractivity contribution is 5.99. The summed E-state index contributed by atoms with van der Waals surface area (Å²) in [5.41, 5.74) is 1.46. The predicted molar refractivity (Wildman–Crippen MR) is 100 cm³/mol. The molecule has 6 heteroatoms. The number of carboxylic acid groups (broad SMARTS) is 1. The van der Waals surface area contributed by atoms with E-state index in [9.17, 15) is 9.90 Å². The maximum Gasteiger partial charge on any atom is 0.412 e. The van der Waals surface area contributed by atoms with Gasteiger partial charge in [-0.1, -0.05) is 25.1 Å². The number of hydrogen-bond donors (Lipinski definition) is 2. The third-order valence-electron chi connectivity index (χ3n) is 4.49. The second-order valence-corrected chi connectivity index (χ2v) is 6.15. The predicted octanol–water partition coefficient (Wildman–Crippen LogP) is 3.20. The number of fused-ring (bicyclic) bond motifs is 1. The van der Waals surface area contributed by atoms with Crippen molar-refractivity contribution < 1.29 is 15.0 Å². The number of pyridine rings is 1. The molecule has 2 aromatic rings. The van der Waals surface area contributed by atoms with Gasteiger partial charge in [0.1, 0.15) is 0 Å². The molecule has 0 fully saturated rings. The molecular formula is C19H27N3O3. The fourth-order valence-electron chi connectivity index (χ4n) is 3.13. The van der Waals surface area contributed by atoms with Crippen LogP contribution in [-0.4, -0.2) is 58.5 Å². The van der Waals surface area contributed by atoms with Crippen molar-refractivity contribution in [2.24, 2.45) is 0 Å². The van der Waals surface area contributed by atoms with E-state index < -0.39 is 6.09 Å². The number of anilines is 1. The van der Waals surface area contributed by atoms with Gasteiger partial charge in [0.15, 0.2) is 0 Å². The molecule has 0 radical (unpaired) electrons. The summed E-state index contributed by atoms with van der Waals surface area (Å²) < 4.78 is 0. The number of rotatable bonds is 9. The van der Waals surface area contributed by atoms with E-state index in [-0.39, 0.29) is 12.6 Å². The number of aliphatic hydroxyl groups is 1. The molecule has 1 aromatic carbocycles. The fraction of sp³-hybridized carbons (Fsp3) is 0.474. The summed E-state index contributed by atoms with van der Waals surface area (Å²) in [5, 5.41) is 19.7. The molecule has 136 valence electrons. The maximum atomic E-state index is 11.9. The van der Waals surface area contributed by atoms with Crippen LogP contribution in [-0.2, 0) is 0 Å². The molecule has 1 unspecified atom stereocenters. The van der Waals surface area contributed by atoms with Gasteiger partial charge in [-0.3, -0.25) is 9.88 Å². The Balaban J connectivity index is 2.13. The van der Waals surface area contributed by atoms with Crippen molar-refractivity contribution in [2.45, 2.75) is 32.7 Å². The van der Waals surface area contributed by atoms with Crippen molar-refractivity contribution >= 4 is 22.7 Å². The number of benzene rings is 1. The van der Waals surface area contributed by atoms with Crippen LogP contribution >= 0.6 is 0 Å². The van der Waals surface area contributed by atoms with Crippen LogP contribution in [0.2, 0.25) is 0 Å². The summed E-state index contributed by atoms with van der Waals surface area (Å²) in [5.74, 6) is 0. The molecule has 0 saturated heterocycles. The number of likely N-dealkylation sites (N-methyl/N-ethyl adjacent to an activating group) is 1. The molecule has 1 aromatic heterocycles. The van der Waals surface area contributed by atoms with E-state index in [1.165, 1.54) is 4.90 Å². The van der Waals surface area contributed by atoms with Crippen LogP contribution in [0.5, 0.6) is 0 Å². The van der Waals surface area contributed by atoms with Gasteiger partial charge < -0.3 is 15.1 Å². The van der Waals surface area contributed by atoms with Crippen LogP contribution in [0.3, 0.4) is 0 Å². The minimum Gasteiger partial charge on any atom is -0.465 e. The van der Waals surface area contributed by atoms with Gasteiger partial charge in [-0.2, -0.15) is 0 Å². The average molecular weight is 345 g/mol. The molecule has 0 spiro atoms. The summed E-state index contributed by atoms with van der Waals surface area (Å²) in [7, 11) is 0. The SMILES string of the molecule is CCN(CCO)CCCC(C)N(C(=O)O)c1ccnc2ccccc12. The Morgan fingerprint density at radius 1 is 1.24 bits per heavy atom. The van der Waals surface area contributed by atoms with Crippen LogP contribution < -0.4 is 4.90 Å². The molecule has 2 N–H and O–H groups in total. The molecule has 0 aliphatic heterocycles. The first kappa shape index (κ1) is 19.1. The first-order valence-corrected chi connectivity index (χ1v) is 8.77. The highest BCUT2D eigenvalue weighted by Gasteiger charge is 2.23. The van der Waals surface area contributed by atoms with Crippen molar-refractivity contribution in [1.82, 2.24) is 9.88 Å². The van der Waals surface area contributed by atoms with Gasteiger partial charge in [0, 0.05) is 24.2 Å². The first-order chi connectivity index (χ1) is 12.1. The lowest BCUT2D eigenvalue weighted by Gasteiger charge is -2.28. The number of nitrogens with zero attached hydrogens (tertiary/aromatic N) is 3. The van der Waals surface area contributed by atoms with E-state index in [1.807, 2.05) is 31.2 Å². The van der Waals surface area contributed by atoms with Crippen LogP contribution in [0, 0.1) is 0 Å². The van der Waals surface area contributed by atoms with E-state index in [0.29, 0.717) is 12.2 Å². The minimum absolute atomic E-state index is 0.142. The van der Waals surface area contributed by atoms with E-state index in [4.69, 9.17) is 5.11 Å². The lowest BCUT2D eigenvalue weighted by molar-refractivity contribution is 0.194. The van der Waals surface area contributed by atoms with Crippen LogP contribution in [0.15, 0.2) is 36.5 Å². The third kappa shape index (κ3) is 4.90. The van der Waals surface area contributed by atoms with Crippen molar-refractivity contribution in [1.29, 1.82) is 0 Å². The highest BCUT2D eigenvalue weighted by Crippen LogP contribution is 2.28. The fourth-order valence-corrected chi connectivity index (χ4v) is 3.13. The smallest absolute Gasteiger partial charge is 0.412 e. The van der Waals surface area contributed by atoms with Gasteiger partial charge in [0.05, 0.1) is 17.8 Å². The van der Waals surface area contributed by atoms with Crippen molar-refractivity contribution in [3.8, 4) is 0 Å². The van der Waals surface area contributed by atoms with E-state index in [1.54, 1.807) is 12.3 Å². The summed E-state index contributed by atoms with van der Waals surface area (Å²) in [6, 6.07) is 9.20. The normalized spacial score (nSPS) is 12.5. The Hall–Kier alpha value is -2.18. The number of carbonyl (C=O) groups is 1. The first-order valence-electron chi connectivity index (χ1n) is 8.77. The van der Waals surface area contributed by atoms with Gasteiger partial charge in [0.2, 0.25) is 0 Å². The largest absolute Gasteiger partial charge is 0.465 e. The summed E-state index contributed by atoms with van der Waals surface area (Å²) in [6.07, 6.45) is 2.33. The lowest BCUT2D eigenvalue weighted by Crippen LogP contribution is -2.38. The summed E-state index contributed by atoms with van der Waals surface area (Å²) >= 11 is 0. The Kier molecular flexibility index (Phi) is 7.16. The molecule has 0 aliphatic carbocycles. The van der Waals surface area contributed by atoms with Gasteiger partial charge in [-0.05, 0) is 45.0 Å². The molecule has 2 rings (SSSR count). The van der Waals surface area contributed by atoms with Crippen molar-refractivity contribution in [3.05, 3.63) is 36.5 Å². The number of aliphatic hydroxyl groups excluding tert-OH is 1. The minimum atomic E-state index is -0.952. The molecule has 25 heavy (non-hydrogen) atoms. The zero-order chi connectivity index (χ0) is 18.2. The number of amides is 1.